The maximum absolute atomic E-state index is 2.45. The maximum atomic E-state index is 2.45. The smallest absolute Gasteiger partial charge is 0.0713 e. The van der Waals surface area contributed by atoms with E-state index in [4.69, 9.17) is 0 Å². The fraction of sp³-hybridized carbons (Fsp3) is 0.0769. The molecule has 0 atom stereocenters. The van der Waals surface area contributed by atoms with Gasteiger partial charge in [0.05, 0.1) is 16.8 Å². The molecule has 1 heterocycles. The van der Waals surface area contributed by atoms with Gasteiger partial charge in [-0.25, -0.2) is 0 Å². The second-order valence-electron chi connectivity index (χ2n) is 14.9. The lowest BCUT2D eigenvalue weighted by Gasteiger charge is -2.42. The van der Waals surface area contributed by atoms with Crippen molar-refractivity contribution in [3.63, 3.8) is 0 Å². The van der Waals surface area contributed by atoms with Crippen molar-refractivity contribution >= 4 is 17.1 Å². The van der Waals surface area contributed by atoms with Crippen molar-refractivity contribution < 1.29 is 0 Å². The molecular weight excluding hydrogens is 639 g/mol. The van der Waals surface area contributed by atoms with E-state index < -0.39 is 5.41 Å². The molecule has 0 amide bonds. The van der Waals surface area contributed by atoms with Gasteiger partial charge in [-0.2, -0.15) is 0 Å². The van der Waals surface area contributed by atoms with Crippen LogP contribution in [0.5, 0.6) is 0 Å². The number of para-hydroxylation sites is 1. The molecule has 0 spiro atoms. The summed E-state index contributed by atoms with van der Waals surface area (Å²) in [4.78, 5) is 2.45. The van der Waals surface area contributed by atoms with E-state index in [1.807, 2.05) is 0 Å². The maximum Gasteiger partial charge on any atom is 0.0713 e. The van der Waals surface area contributed by atoms with E-state index in [0.29, 0.717) is 0 Å². The first kappa shape index (κ1) is 31.3. The quantitative estimate of drug-likeness (QED) is 0.175. The number of hydrogen-bond donors (Lipinski definition) is 0. The molecule has 1 nitrogen and oxygen atoms in total. The molecule has 0 N–H and O–H groups in total. The van der Waals surface area contributed by atoms with Crippen molar-refractivity contribution in [2.75, 3.05) is 4.90 Å². The first-order chi connectivity index (χ1) is 26.0. The number of anilines is 3. The largest absolute Gasteiger partial charge is 0.310 e. The van der Waals surface area contributed by atoms with Gasteiger partial charge in [0.1, 0.15) is 0 Å². The molecule has 0 fully saturated rings. The van der Waals surface area contributed by atoms with Gasteiger partial charge in [-0.3, -0.25) is 0 Å². The highest BCUT2D eigenvalue weighted by Crippen LogP contribution is 2.57. The van der Waals surface area contributed by atoms with Crippen molar-refractivity contribution in [3.05, 3.63) is 234 Å². The average molecular weight is 678 g/mol. The zero-order chi connectivity index (χ0) is 35.6. The molecule has 10 rings (SSSR count). The van der Waals surface area contributed by atoms with E-state index in [2.05, 4.69) is 219 Å². The second kappa shape index (κ2) is 12.1. The summed E-state index contributed by atoms with van der Waals surface area (Å²) >= 11 is 0. The third-order valence-corrected chi connectivity index (χ3v) is 11.8. The molecule has 252 valence electrons. The summed E-state index contributed by atoms with van der Waals surface area (Å²) in [7, 11) is 0. The highest BCUT2D eigenvalue weighted by Gasteiger charge is 2.46. The third-order valence-electron chi connectivity index (χ3n) is 11.8. The van der Waals surface area contributed by atoms with Gasteiger partial charge < -0.3 is 4.90 Å². The Morgan fingerprint density at radius 2 is 0.830 bits per heavy atom. The van der Waals surface area contributed by atoms with E-state index in [9.17, 15) is 0 Å². The Balaban J connectivity index is 1.13. The second-order valence-corrected chi connectivity index (χ2v) is 14.9. The van der Waals surface area contributed by atoms with Crippen LogP contribution >= 0.6 is 0 Å². The Labute approximate surface area is 312 Å². The van der Waals surface area contributed by atoms with Gasteiger partial charge in [0, 0.05) is 11.1 Å². The van der Waals surface area contributed by atoms with Crippen LogP contribution in [0.25, 0.3) is 33.4 Å². The minimum Gasteiger partial charge on any atom is -0.310 e. The predicted molar refractivity (Wildman–Crippen MR) is 221 cm³/mol. The van der Waals surface area contributed by atoms with Crippen LogP contribution in [0.2, 0.25) is 0 Å². The van der Waals surface area contributed by atoms with E-state index in [1.54, 1.807) is 0 Å². The Hall–Kier alpha value is -6.44. The molecule has 2 aliphatic rings. The molecule has 0 aromatic heterocycles. The zero-order valence-corrected chi connectivity index (χ0v) is 30.0. The van der Waals surface area contributed by atoms with Gasteiger partial charge in [0.15, 0.2) is 0 Å². The minimum atomic E-state index is -0.398. The van der Waals surface area contributed by atoms with Crippen molar-refractivity contribution in [3.8, 4) is 33.4 Å². The predicted octanol–water partition coefficient (Wildman–Crippen LogP) is 13.5. The molecule has 0 bridgehead atoms. The van der Waals surface area contributed by atoms with Crippen LogP contribution in [0.3, 0.4) is 0 Å². The summed E-state index contributed by atoms with van der Waals surface area (Å²) in [6.07, 6.45) is 0. The molecule has 1 heteroatoms. The van der Waals surface area contributed by atoms with Crippen LogP contribution < -0.4 is 4.90 Å². The summed E-state index contributed by atoms with van der Waals surface area (Å²) in [5, 5.41) is 0. The Kier molecular flexibility index (Phi) is 7.13. The fourth-order valence-corrected chi connectivity index (χ4v) is 9.22. The SMILES string of the molecule is CC1(C)c2ccccc2N(c2ccc(-c3ccccc3)cc2)c2ccc(-c3ccc4c(c3)-c3ccccc3C4(c3ccccc3)c3ccccc3)cc21. The molecule has 0 unspecified atom stereocenters. The Morgan fingerprint density at radius 3 is 1.53 bits per heavy atom. The van der Waals surface area contributed by atoms with Crippen molar-refractivity contribution in [1.82, 2.24) is 0 Å². The number of nitrogens with zero attached hydrogens (tertiary/aromatic N) is 1. The molecule has 0 saturated carbocycles. The summed E-state index contributed by atoms with van der Waals surface area (Å²) in [6, 6.07) is 73.9. The molecule has 0 radical (unpaired) electrons. The normalized spacial score (nSPS) is 14.5. The highest BCUT2D eigenvalue weighted by molar-refractivity contribution is 5.91. The van der Waals surface area contributed by atoms with Gasteiger partial charge in [0.2, 0.25) is 0 Å². The van der Waals surface area contributed by atoms with Crippen LogP contribution in [0.15, 0.2) is 200 Å². The van der Waals surface area contributed by atoms with Crippen molar-refractivity contribution in [2.45, 2.75) is 24.7 Å². The minimum absolute atomic E-state index is 0.193. The van der Waals surface area contributed by atoms with E-state index >= 15 is 0 Å². The summed E-state index contributed by atoms with van der Waals surface area (Å²) in [5.74, 6) is 0. The van der Waals surface area contributed by atoms with E-state index in [-0.39, 0.29) is 5.41 Å². The highest BCUT2D eigenvalue weighted by atomic mass is 15.2. The van der Waals surface area contributed by atoms with Gasteiger partial charge in [-0.05, 0) is 103 Å². The lowest BCUT2D eigenvalue weighted by atomic mass is 9.67. The van der Waals surface area contributed by atoms with Crippen LogP contribution in [-0.2, 0) is 10.8 Å². The standard InChI is InChI=1S/C52H39N/c1-51(2)47-24-14-15-25-49(47)53(42-30-26-37(27-31-42)36-16-6-3-7-17-36)50-33-29-39(35-48(50)51)38-28-32-46-44(34-38)43-22-12-13-23-45(43)52(46,40-18-8-4-9-19-40)41-20-10-5-11-21-41/h3-35H,1-2H3. The zero-order valence-electron chi connectivity index (χ0n) is 30.0. The van der Waals surface area contributed by atoms with Crippen LogP contribution in [-0.4, -0.2) is 0 Å². The third kappa shape index (κ3) is 4.70. The number of rotatable bonds is 5. The van der Waals surface area contributed by atoms with Gasteiger partial charge in [-0.15, -0.1) is 0 Å². The summed E-state index contributed by atoms with van der Waals surface area (Å²) in [5.41, 5.74) is 18.4. The molecular formula is C52H39N. The molecule has 0 saturated heterocycles. The molecule has 1 aliphatic heterocycles. The average Bonchev–Trinajstić information content (AvgIpc) is 3.52. The van der Waals surface area contributed by atoms with Gasteiger partial charge in [-0.1, -0.05) is 178 Å². The lowest BCUT2D eigenvalue weighted by molar-refractivity contribution is 0.632. The first-order valence-corrected chi connectivity index (χ1v) is 18.6. The summed E-state index contributed by atoms with van der Waals surface area (Å²) in [6.45, 7) is 4.74. The van der Waals surface area contributed by atoms with Crippen molar-refractivity contribution in [1.29, 1.82) is 0 Å². The van der Waals surface area contributed by atoms with E-state index in [0.717, 1.165) is 5.69 Å². The molecule has 8 aromatic carbocycles. The van der Waals surface area contributed by atoms with Gasteiger partial charge in [0.25, 0.3) is 0 Å². The summed E-state index contributed by atoms with van der Waals surface area (Å²) < 4.78 is 0. The monoisotopic (exact) mass is 677 g/mol. The lowest BCUT2D eigenvalue weighted by Crippen LogP contribution is -2.30. The number of hydrogen-bond acceptors (Lipinski definition) is 1. The van der Waals surface area contributed by atoms with Gasteiger partial charge >= 0.3 is 0 Å². The van der Waals surface area contributed by atoms with Crippen LogP contribution in [0.1, 0.15) is 47.2 Å². The molecule has 1 aliphatic carbocycles. The van der Waals surface area contributed by atoms with Crippen molar-refractivity contribution in [2.24, 2.45) is 0 Å². The Morgan fingerprint density at radius 1 is 0.340 bits per heavy atom. The van der Waals surface area contributed by atoms with Crippen LogP contribution in [0.4, 0.5) is 17.1 Å². The van der Waals surface area contributed by atoms with E-state index in [1.165, 1.54) is 78.1 Å². The molecule has 53 heavy (non-hydrogen) atoms. The number of fused-ring (bicyclic) bond motifs is 5. The fourth-order valence-electron chi connectivity index (χ4n) is 9.22. The molecule has 8 aromatic rings. The Bertz CT molecular complexity index is 2580. The van der Waals surface area contributed by atoms with Crippen LogP contribution in [0, 0.1) is 0 Å². The first-order valence-electron chi connectivity index (χ1n) is 18.6. The number of benzene rings is 8. The topological polar surface area (TPSA) is 3.24 Å².